The molecule has 1 aromatic carbocycles. The molecule has 4 heteroatoms. The normalized spacial score (nSPS) is 23.9. The summed E-state index contributed by atoms with van der Waals surface area (Å²) in [5.41, 5.74) is 2.65. The zero-order valence-electron chi connectivity index (χ0n) is 11.5. The number of fused-ring (bicyclic) bond motifs is 1. The van der Waals surface area contributed by atoms with Crippen LogP contribution in [0.1, 0.15) is 43.0 Å². The average Bonchev–Trinajstić information content (AvgIpc) is 3.01. The molecule has 1 aliphatic carbocycles. The maximum Gasteiger partial charge on any atom is 0.111 e. The lowest BCUT2D eigenvalue weighted by atomic mass is 9.92. The Labute approximate surface area is 118 Å². The quantitative estimate of drug-likeness (QED) is 0.909. The third-order valence-corrected chi connectivity index (χ3v) is 4.83. The van der Waals surface area contributed by atoms with Crippen LogP contribution in [-0.2, 0) is 0 Å². The Bertz CT molecular complexity index is 677. The molecule has 0 radical (unpaired) electrons. The van der Waals surface area contributed by atoms with Crippen LogP contribution in [0.2, 0.25) is 0 Å². The molecule has 2 aliphatic rings. The Kier molecular flexibility index (Phi) is 2.75. The van der Waals surface area contributed by atoms with Crippen molar-refractivity contribution >= 4 is 11.0 Å². The summed E-state index contributed by atoms with van der Waals surface area (Å²) in [5, 5.41) is 8.95. The molecule has 20 heavy (non-hydrogen) atoms. The van der Waals surface area contributed by atoms with Gasteiger partial charge in [-0.25, -0.2) is 4.98 Å². The van der Waals surface area contributed by atoms with E-state index in [9.17, 15) is 0 Å². The van der Waals surface area contributed by atoms with Gasteiger partial charge in [-0.15, -0.1) is 0 Å². The van der Waals surface area contributed by atoms with Crippen molar-refractivity contribution in [2.45, 2.75) is 37.6 Å². The lowest BCUT2D eigenvalue weighted by Crippen LogP contribution is -2.38. The number of hydrogen-bond donors (Lipinski definition) is 1. The van der Waals surface area contributed by atoms with Crippen LogP contribution in [0.25, 0.3) is 11.0 Å². The van der Waals surface area contributed by atoms with E-state index in [4.69, 9.17) is 10.2 Å². The Morgan fingerprint density at radius 3 is 2.95 bits per heavy atom. The van der Waals surface area contributed by atoms with E-state index >= 15 is 0 Å². The Morgan fingerprint density at radius 2 is 2.20 bits per heavy atom. The number of likely N-dealkylation sites (tertiary alicyclic amines) is 1. The summed E-state index contributed by atoms with van der Waals surface area (Å²) in [7, 11) is 0. The number of aromatic amines is 1. The van der Waals surface area contributed by atoms with E-state index in [1.807, 2.05) is 18.2 Å². The molecule has 0 unspecified atom stereocenters. The van der Waals surface area contributed by atoms with Gasteiger partial charge < -0.3 is 4.98 Å². The maximum atomic E-state index is 8.95. The van der Waals surface area contributed by atoms with Crippen molar-refractivity contribution in [3.05, 3.63) is 29.6 Å². The fourth-order valence-corrected chi connectivity index (χ4v) is 3.39. The van der Waals surface area contributed by atoms with Gasteiger partial charge in [0.1, 0.15) is 5.82 Å². The number of imidazole rings is 1. The first-order valence-corrected chi connectivity index (χ1v) is 7.47. The second kappa shape index (κ2) is 4.60. The van der Waals surface area contributed by atoms with Crippen molar-refractivity contribution in [1.29, 1.82) is 5.26 Å². The molecule has 1 N–H and O–H groups in total. The maximum absolute atomic E-state index is 8.95. The number of nitriles is 1. The molecule has 4 nitrogen and oxygen atoms in total. The van der Waals surface area contributed by atoms with Crippen molar-refractivity contribution in [2.75, 3.05) is 13.1 Å². The predicted octanol–water partition coefficient (Wildman–Crippen LogP) is 2.78. The van der Waals surface area contributed by atoms with Crippen LogP contribution in [0.15, 0.2) is 18.2 Å². The van der Waals surface area contributed by atoms with Crippen LogP contribution in [0, 0.1) is 11.3 Å². The molecule has 0 bridgehead atoms. The average molecular weight is 266 g/mol. The first-order valence-electron chi connectivity index (χ1n) is 7.47. The van der Waals surface area contributed by atoms with Gasteiger partial charge in [-0.3, -0.25) is 4.90 Å². The molecule has 1 aromatic heterocycles. The van der Waals surface area contributed by atoms with Gasteiger partial charge in [0.15, 0.2) is 0 Å². The highest BCUT2D eigenvalue weighted by Gasteiger charge is 2.33. The van der Waals surface area contributed by atoms with Crippen molar-refractivity contribution in [3.8, 4) is 6.07 Å². The van der Waals surface area contributed by atoms with E-state index < -0.39 is 0 Å². The zero-order chi connectivity index (χ0) is 13.5. The summed E-state index contributed by atoms with van der Waals surface area (Å²) in [6, 6.07) is 8.67. The summed E-state index contributed by atoms with van der Waals surface area (Å²) in [5.74, 6) is 1.62. The molecule has 2 heterocycles. The molecule has 1 aliphatic heterocycles. The Hall–Kier alpha value is -1.86. The molecule has 1 saturated carbocycles. The topological polar surface area (TPSA) is 55.7 Å². The lowest BCUT2D eigenvalue weighted by molar-refractivity contribution is 0.157. The standard InChI is InChI=1S/C16H18N4/c17-9-11-4-5-14-15(8-11)19-16(18-14)12-6-7-20(10-12)13-2-1-3-13/h4-5,8,12-13H,1-3,6-7,10H2,(H,18,19)/t12-/m0/s1. The third kappa shape index (κ3) is 1.90. The summed E-state index contributed by atoms with van der Waals surface area (Å²) in [6.07, 6.45) is 5.34. The smallest absolute Gasteiger partial charge is 0.111 e. The highest BCUT2D eigenvalue weighted by atomic mass is 15.2. The molecule has 1 atom stereocenters. The van der Waals surface area contributed by atoms with E-state index in [1.165, 1.54) is 32.2 Å². The molecular weight excluding hydrogens is 248 g/mol. The van der Waals surface area contributed by atoms with Crippen molar-refractivity contribution in [1.82, 2.24) is 14.9 Å². The predicted molar refractivity (Wildman–Crippen MR) is 77.4 cm³/mol. The van der Waals surface area contributed by atoms with Gasteiger partial charge in [-0.1, -0.05) is 6.42 Å². The van der Waals surface area contributed by atoms with Gasteiger partial charge in [0, 0.05) is 18.5 Å². The first-order chi connectivity index (χ1) is 9.83. The van der Waals surface area contributed by atoms with E-state index in [0.29, 0.717) is 11.5 Å². The summed E-state index contributed by atoms with van der Waals surface area (Å²) < 4.78 is 0. The van der Waals surface area contributed by atoms with Crippen LogP contribution >= 0.6 is 0 Å². The van der Waals surface area contributed by atoms with Crippen LogP contribution in [-0.4, -0.2) is 34.0 Å². The number of benzene rings is 1. The SMILES string of the molecule is N#Cc1ccc2nc([C@H]3CCN(C4CCC4)C3)[nH]c2c1. The Morgan fingerprint density at radius 1 is 1.30 bits per heavy atom. The largest absolute Gasteiger partial charge is 0.342 e. The number of hydrogen-bond acceptors (Lipinski definition) is 3. The van der Waals surface area contributed by atoms with Gasteiger partial charge in [0.05, 0.1) is 22.7 Å². The summed E-state index contributed by atoms with van der Waals surface area (Å²) in [6.45, 7) is 2.34. The van der Waals surface area contributed by atoms with E-state index in [-0.39, 0.29) is 0 Å². The number of rotatable bonds is 2. The minimum Gasteiger partial charge on any atom is -0.342 e. The molecule has 0 spiro atoms. The highest BCUT2D eigenvalue weighted by Crippen LogP contribution is 2.33. The number of nitrogens with one attached hydrogen (secondary N) is 1. The van der Waals surface area contributed by atoms with Crippen LogP contribution in [0.5, 0.6) is 0 Å². The second-order valence-electron chi connectivity index (χ2n) is 6.03. The monoisotopic (exact) mass is 266 g/mol. The van der Waals surface area contributed by atoms with Crippen molar-refractivity contribution in [2.24, 2.45) is 0 Å². The fraction of sp³-hybridized carbons (Fsp3) is 0.500. The van der Waals surface area contributed by atoms with Crippen LogP contribution in [0.4, 0.5) is 0 Å². The summed E-state index contributed by atoms with van der Waals surface area (Å²) >= 11 is 0. The van der Waals surface area contributed by atoms with Gasteiger partial charge in [-0.05, 0) is 44.0 Å². The molecular formula is C16H18N4. The highest BCUT2D eigenvalue weighted by molar-refractivity contribution is 5.76. The molecule has 102 valence electrons. The van der Waals surface area contributed by atoms with Crippen LogP contribution < -0.4 is 0 Å². The van der Waals surface area contributed by atoms with Crippen LogP contribution in [0.3, 0.4) is 0 Å². The zero-order valence-corrected chi connectivity index (χ0v) is 11.5. The molecule has 2 aromatic rings. The molecule has 1 saturated heterocycles. The number of aromatic nitrogens is 2. The first kappa shape index (κ1) is 11.9. The minimum atomic E-state index is 0.522. The number of nitrogens with zero attached hydrogens (tertiary/aromatic N) is 3. The summed E-state index contributed by atoms with van der Waals surface area (Å²) in [4.78, 5) is 10.8. The molecule has 0 amide bonds. The fourth-order valence-electron chi connectivity index (χ4n) is 3.39. The van der Waals surface area contributed by atoms with Crippen molar-refractivity contribution in [3.63, 3.8) is 0 Å². The molecule has 4 rings (SSSR count). The Balaban J connectivity index is 1.58. The van der Waals surface area contributed by atoms with Gasteiger partial charge >= 0.3 is 0 Å². The van der Waals surface area contributed by atoms with Gasteiger partial charge in [0.25, 0.3) is 0 Å². The second-order valence-corrected chi connectivity index (χ2v) is 6.03. The third-order valence-electron chi connectivity index (χ3n) is 4.83. The van der Waals surface area contributed by atoms with Crippen molar-refractivity contribution < 1.29 is 0 Å². The van der Waals surface area contributed by atoms with E-state index in [0.717, 1.165) is 29.4 Å². The minimum absolute atomic E-state index is 0.522. The van der Waals surface area contributed by atoms with E-state index in [2.05, 4.69) is 16.0 Å². The number of H-pyrrole nitrogens is 1. The lowest BCUT2D eigenvalue weighted by Gasteiger charge is -2.34. The van der Waals surface area contributed by atoms with E-state index in [1.54, 1.807) is 0 Å². The molecule has 2 fully saturated rings. The van der Waals surface area contributed by atoms with Gasteiger partial charge in [-0.2, -0.15) is 5.26 Å². The van der Waals surface area contributed by atoms with Gasteiger partial charge in [0.2, 0.25) is 0 Å².